The van der Waals surface area contributed by atoms with E-state index in [1.54, 1.807) is 26.1 Å². The van der Waals surface area contributed by atoms with Crippen LogP contribution in [0.25, 0.3) is 22.4 Å². The number of H-pyrrole nitrogens is 1. The lowest BCUT2D eigenvalue weighted by molar-refractivity contribution is -0.161. The second-order valence-corrected chi connectivity index (χ2v) is 8.34. The van der Waals surface area contributed by atoms with Gasteiger partial charge in [-0.05, 0) is 18.9 Å². The zero-order valence-electron chi connectivity index (χ0n) is 17.7. The number of amides is 1. The average molecular weight is 473 g/mol. The largest absolute Gasteiger partial charge is 0.406 e. The van der Waals surface area contributed by atoms with Crippen molar-refractivity contribution in [3.05, 3.63) is 35.5 Å². The highest BCUT2D eigenvalue weighted by molar-refractivity contribution is 6.31. The Morgan fingerprint density at radius 1 is 1.28 bits per heavy atom. The predicted octanol–water partition coefficient (Wildman–Crippen LogP) is 4.66. The molecule has 0 aliphatic rings. The molecule has 3 aromatic heterocycles. The van der Waals surface area contributed by atoms with Gasteiger partial charge < -0.3 is 15.2 Å². The number of nitrogens with one attached hydrogen (secondary N) is 2. The van der Waals surface area contributed by atoms with Crippen molar-refractivity contribution in [2.75, 3.05) is 18.9 Å². The van der Waals surface area contributed by atoms with Gasteiger partial charge in [-0.25, -0.2) is 19.3 Å². The Balaban J connectivity index is 1.99. The first-order valence-corrected chi connectivity index (χ1v) is 9.95. The summed E-state index contributed by atoms with van der Waals surface area (Å²) >= 11 is 6.01. The van der Waals surface area contributed by atoms with E-state index >= 15 is 0 Å². The van der Waals surface area contributed by atoms with E-state index in [-0.39, 0.29) is 11.6 Å². The van der Waals surface area contributed by atoms with Crippen LogP contribution in [0, 0.1) is 11.7 Å². The molecular formula is C20H21ClF4N6O. The summed E-state index contributed by atoms with van der Waals surface area (Å²) in [7, 11) is 1.04. The van der Waals surface area contributed by atoms with Gasteiger partial charge in [0.25, 0.3) is 0 Å². The molecule has 0 unspecified atom stereocenters. The molecule has 0 fully saturated rings. The monoisotopic (exact) mass is 472 g/mol. The minimum absolute atomic E-state index is 0.117. The minimum Gasteiger partial charge on any atom is -0.353 e. The molecule has 3 heterocycles. The smallest absolute Gasteiger partial charge is 0.353 e. The first kappa shape index (κ1) is 23.7. The number of rotatable bonds is 6. The van der Waals surface area contributed by atoms with Crippen LogP contribution in [-0.4, -0.2) is 56.1 Å². The molecule has 0 radical (unpaired) electrons. The number of nitrogens with zero attached hydrogens (tertiary/aromatic N) is 4. The molecule has 0 bridgehead atoms. The summed E-state index contributed by atoms with van der Waals surface area (Å²) in [6.45, 7) is 3.25. The van der Waals surface area contributed by atoms with E-state index in [0.29, 0.717) is 26.5 Å². The highest BCUT2D eigenvalue weighted by Crippen LogP contribution is 2.31. The third-order valence-electron chi connectivity index (χ3n) is 5.22. The number of carbonyl (C=O) groups excluding carboxylic acids is 1. The van der Waals surface area contributed by atoms with Crippen molar-refractivity contribution >= 4 is 34.4 Å². The summed E-state index contributed by atoms with van der Waals surface area (Å²) in [4.78, 5) is 28.7. The van der Waals surface area contributed by atoms with Gasteiger partial charge in [-0.15, -0.1) is 0 Å². The molecule has 3 aromatic rings. The van der Waals surface area contributed by atoms with Crippen LogP contribution in [-0.2, 0) is 4.79 Å². The fraction of sp³-hybridized carbons (Fsp3) is 0.400. The van der Waals surface area contributed by atoms with Gasteiger partial charge in [0, 0.05) is 30.4 Å². The van der Waals surface area contributed by atoms with Crippen LogP contribution in [0.4, 0.5) is 23.4 Å². The summed E-state index contributed by atoms with van der Waals surface area (Å²) in [6, 6.07) is 1.64. The molecule has 12 heteroatoms. The zero-order valence-corrected chi connectivity index (χ0v) is 18.4. The summed E-state index contributed by atoms with van der Waals surface area (Å²) in [5.74, 6) is -2.41. The number of likely N-dealkylation sites (N-methyl/N-ethyl adjacent to an activating group) is 1. The average Bonchev–Trinajstić information content (AvgIpc) is 3.10. The second kappa shape index (κ2) is 8.53. The fourth-order valence-electron chi connectivity index (χ4n) is 3.18. The maximum absolute atomic E-state index is 14.6. The third kappa shape index (κ3) is 4.77. The number of fused-ring (bicyclic) bond motifs is 1. The van der Waals surface area contributed by atoms with Crippen molar-refractivity contribution in [3.8, 4) is 11.4 Å². The molecule has 0 spiro atoms. The van der Waals surface area contributed by atoms with E-state index in [4.69, 9.17) is 11.6 Å². The molecule has 1 atom stereocenters. The van der Waals surface area contributed by atoms with Gasteiger partial charge in [0.15, 0.2) is 17.5 Å². The first-order valence-electron chi connectivity index (χ1n) is 9.58. The van der Waals surface area contributed by atoms with Crippen molar-refractivity contribution in [1.82, 2.24) is 24.8 Å². The fourth-order valence-corrected chi connectivity index (χ4v) is 3.33. The van der Waals surface area contributed by atoms with E-state index in [9.17, 15) is 22.4 Å². The molecule has 32 heavy (non-hydrogen) atoms. The van der Waals surface area contributed by atoms with E-state index in [1.807, 2.05) is 0 Å². The molecule has 7 nitrogen and oxygen atoms in total. The van der Waals surface area contributed by atoms with Crippen molar-refractivity contribution in [1.29, 1.82) is 0 Å². The van der Waals surface area contributed by atoms with Gasteiger partial charge in [-0.1, -0.05) is 25.4 Å². The number of aromatic nitrogens is 4. The Labute approximate surface area is 186 Å². The second-order valence-electron chi connectivity index (χ2n) is 7.90. The first-order chi connectivity index (χ1) is 14.8. The van der Waals surface area contributed by atoms with Gasteiger partial charge in [-0.3, -0.25) is 4.79 Å². The van der Waals surface area contributed by atoms with E-state index in [1.165, 1.54) is 13.1 Å². The SMILES string of the molecule is CC(C)[C@](C)(Nc1nc(-c2c[nH]c3ncc(Cl)cc23)ncc1F)C(=O)N(C)CC(F)(F)F. The number of alkyl halides is 3. The molecule has 0 saturated carbocycles. The van der Waals surface area contributed by atoms with Crippen molar-refractivity contribution in [2.45, 2.75) is 32.5 Å². The highest BCUT2D eigenvalue weighted by Gasteiger charge is 2.42. The maximum Gasteiger partial charge on any atom is 0.406 e. The van der Waals surface area contributed by atoms with Gasteiger partial charge in [0.05, 0.1) is 11.2 Å². The zero-order chi connectivity index (χ0) is 23.8. The highest BCUT2D eigenvalue weighted by atomic mass is 35.5. The Kier molecular flexibility index (Phi) is 6.32. The normalized spacial score (nSPS) is 13.9. The number of aromatic amines is 1. The molecule has 2 N–H and O–H groups in total. The third-order valence-corrected chi connectivity index (χ3v) is 5.43. The maximum atomic E-state index is 14.6. The minimum atomic E-state index is -4.57. The van der Waals surface area contributed by atoms with Crippen molar-refractivity contribution < 1.29 is 22.4 Å². The molecule has 0 aliphatic heterocycles. The van der Waals surface area contributed by atoms with Crippen LogP contribution in [0.3, 0.4) is 0 Å². The lowest BCUT2D eigenvalue weighted by atomic mass is 9.86. The lowest BCUT2D eigenvalue weighted by Gasteiger charge is -2.37. The van der Waals surface area contributed by atoms with Gasteiger partial charge >= 0.3 is 6.18 Å². The number of pyridine rings is 1. The number of carbonyl (C=O) groups is 1. The number of anilines is 1. The van der Waals surface area contributed by atoms with Crippen LogP contribution in [0.15, 0.2) is 24.7 Å². The number of halogens is 5. The Morgan fingerprint density at radius 3 is 2.59 bits per heavy atom. The summed E-state index contributed by atoms with van der Waals surface area (Å²) in [5, 5.41) is 3.69. The molecule has 0 aromatic carbocycles. The molecule has 3 rings (SSSR count). The van der Waals surface area contributed by atoms with Crippen LogP contribution in [0.5, 0.6) is 0 Å². The Morgan fingerprint density at radius 2 is 1.97 bits per heavy atom. The van der Waals surface area contributed by atoms with Crippen molar-refractivity contribution in [2.24, 2.45) is 5.92 Å². The Hall–Kier alpha value is -2.95. The summed E-state index contributed by atoms with van der Waals surface area (Å²) < 4.78 is 53.0. The predicted molar refractivity (Wildman–Crippen MR) is 113 cm³/mol. The lowest BCUT2D eigenvalue weighted by Crippen LogP contribution is -2.56. The molecule has 0 saturated heterocycles. The molecule has 0 aliphatic carbocycles. The van der Waals surface area contributed by atoms with Crippen LogP contribution < -0.4 is 5.32 Å². The Bertz CT molecular complexity index is 1150. The molecular weight excluding hydrogens is 452 g/mol. The molecule has 172 valence electrons. The molecule has 1 amide bonds. The van der Waals surface area contributed by atoms with Crippen molar-refractivity contribution in [3.63, 3.8) is 0 Å². The topological polar surface area (TPSA) is 86.8 Å². The van der Waals surface area contributed by atoms with Crippen LogP contribution in [0.1, 0.15) is 20.8 Å². The van der Waals surface area contributed by atoms with Gasteiger partial charge in [0.1, 0.15) is 17.7 Å². The van der Waals surface area contributed by atoms with Gasteiger partial charge in [-0.2, -0.15) is 13.2 Å². The number of hydrogen-bond donors (Lipinski definition) is 2. The van der Waals surface area contributed by atoms with E-state index in [0.717, 1.165) is 13.2 Å². The summed E-state index contributed by atoms with van der Waals surface area (Å²) in [6.07, 6.45) is -0.610. The van der Waals surface area contributed by atoms with E-state index in [2.05, 4.69) is 25.3 Å². The van der Waals surface area contributed by atoms with E-state index < -0.39 is 35.9 Å². The van der Waals surface area contributed by atoms with Crippen LogP contribution in [0.2, 0.25) is 5.02 Å². The number of hydrogen-bond acceptors (Lipinski definition) is 5. The standard InChI is InChI=1S/C20H21ClF4N6O/c1-10(2)19(3,18(32)31(4)9-20(23,24)25)30-17-14(22)8-28-16(29-17)13-7-27-15-12(13)5-11(21)6-26-15/h5-8,10H,9H2,1-4H3,(H,26,27)(H,28,29,30)/t19-/m0/s1. The van der Waals surface area contributed by atoms with Gasteiger partial charge in [0.2, 0.25) is 5.91 Å². The van der Waals surface area contributed by atoms with Crippen LogP contribution >= 0.6 is 11.6 Å². The summed E-state index contributed by atoms with van der Waals surface area (Å²) in [5.41, 5.74) is -0.565. The quantitative estimate of drug-likeness (QED) is 0.509.